The van der Waals surface area contributed by atoms with Gasteiger partial charge in [-0.3, -0.25) is 0 Å². The van der Waals surface area contributed by atoms with Crippen LogP contribution in [0.1, 0.15) is 21.9 Å². The molecule has 8 bridgehead atoms. The van der Waals surface area contributed by atoms with Crippen LogP contribution >= 0.6 is 0 Å². The number of esters is 1. The van der Waals surface area contributed by atoms with Gasteiger partial charge in [-0.2, -0.15) is 0 Å². The van der Waals surface area contributed by atoms with Crippen LogP contribution in [-0.2, 0) is 0 Å². The number of aromatic amines is 2. The van der Waals surface area contributed by atoms with E-state index in [1.54, 1.807) is 0 Å². The second-order valence-electron chi connectivity index (χ2n) is 10.0. The second kappa shape index (κ2) is 10.6. The van der Waals surface area contributed by atoms with Gasteiger partial charge in [-0.05, 0) is 42.5 Å². The van der Waals surface area contributed by atoms with Crippen molar-refractivity contribution in [3.05, 3.63) is 112 Å². The summed E-state index contributed by atoms with van der Waals surface area (Å²) in [4.78, 5) is 26.4. The van der Waals surface area contributed by atoms with E-state index in [0.29, 0.717) is 0 Å². The number of ether oxygens (including phenoxy) is 1. The van der Waals surface area contributed by atoms with Crippen molar-refractivity contribution in [2.24, 2.45) is 0 Å². The highest BCUT2D eigenvalue weighted by atomic mass is 19.2. The number of hydrogen-bond donors (Lipinski definition) is 2. The Kier molecular flexibility index (Phi) is 6.69. The minimum atomic E-state index is -2.43. The predicted molar refractivity (Wildman–Crippen MR) is 145 cm³/mol. The van der Waals surface area contributed by atoms with Crippen LogP contribution in [0.25, 0.3) is 56.5 Å². The zero-order valence-electron chi connectivity index (χ0n) is 22.6. The van der Waals surface area contributed by atoms with Gasteiger partial charge in [-0.1, -0.05) is 0 Å². The lowest BCUT2D eigenvalue weighted by atomic mass is 10.0. The van der Waals surface area contributed by atoms with E-state index in [2.05, 4.69) is 19.9 Å². The Hall–Kier alpha value is -5.93. The Morgan fingerprint density at radius 1 is 0.511 bits per heavy atom. The molecule has 0 fully saturated rings. The molecular formula is C31H10F10N4O2. The van der Waals surface area contributed by atoms with Crippen LogP contribution in [0.15, 0.2) is 36.4 Å². The van der Waals surface area contributed by atoms with Crippen molar-refractivity contribution in [2.75, 3.05) is 0 Å². The van der Waals surface area contributed by atoms with Gasteiger partial charge >= 0.3 is 5.97 Å². The molecule has 0 unspecified atom stereocenters. The smallest absolute Gasteiger partial charge is 0.364 e. The molecule has 0 atom stereocenters. The van der Waals surface area contributed by atoms with Crippen molar-refractivity contribution in [3.8, 4) is 28.1 Å². The Bertz CT molecular complexity index is 2380. The number of aromatic nitrogens is 4. The maximum Gasteiger partial charge on any atom is 0.364 e. The third-order valence-corrected chi connectivity index (χ3v) is 7.22. The van der Waals surface area contributed by atoms with Crippen molar-refractivity contribution in [3.63, 3.8) is 0 Å². The summed E-state index contributed by atoms with van der Waals surface area (Å²) in [6, 6.07) is 7.06. The quantitative estimate of drug-likeness (QED) is 0.0846. The van der Waals surface area contributed by atoms with E-state index in [9.17, 15) is 31.1 Å². The second-order valence-corrected chi connectivity index (χ2v) is 10.0. The summed E-state index contributed by atoms with van der Waals surface area (Å²) < 4.78 is 150. The SMILES string of the molecule is O=C1Oc2cc3ccc([nH]3)c(-c3c(F)c(F)c(F)c(F)c3F)c3nc(cc4ccc([nH]4)c(-c4c(F)c(F)c(F)c(F)c4F)c1n2)C=C3. The molecule has 0 radical (unpaired) electrons. The first kappa shape index (κ1) is 29.8. The van der Waals surface area contributed by atoms with Crippen LogP contribution in [0.5, 0.6) is 5.88 Å². The molecule has 7 rings (SSSR count). The summed E-state index contributed by atoms with van der Waals surface area (Å²) in [5.41, 5.74) is -5.84. The molecule has 0 saturated heterocycles. The van der Waals surface area contributed by atoms with Crippen molar-refractivity contribution in [2.45, 2.75) is 0 Å². The number of nitrogens with zero attached hydrogens (tertiary/aromatic N) is 2. The van der Waals surface area contributed by atoms with E-state index in [1.807, 2.05) is 0 Å². The van der Waals surface area contributed by atoms with Crippen molar-refractivity contribution in [1.29, 1.82) is 0 Å². The first-order valence-electron chi connectivity index (χ1n) is 13.0. The Labute approximate surface area is 253 Å². The van der Waals surface area contributed by atoms with Gasteiger partial charge in [0.1, 0.15) is 0 Å². The number of rotatable bonds is 2. The number of benzene rings is 2. The average molecular weight is 660 g/mol. The van der Waals surface area contributed by atoms with Crippen molar-refractivity contribution in [1.82, 2.24) is 19.9 Å². The van der Waals surface area contributed by atoms with Crippen LogP contribution in [0, 0.1) is 58.2 Å². The van der Waals surface area contributed by atoms with Crippen LogP contribution in [0.3, 0.4) is 0 Å². The van der Waals surface area contributed by atoms with Gasteiger partial charge in [0.2, 0.25) is 17.5 Å². The van der Waals surface area contributed by atoms with Gasteiger partial charge in [-0.25, -0.2) is 58.7 Å². The average Bonchev–Trinajstić information content (AvgIpc) is 3.86. The molecule has 2 N–H and O–H groups in total. The molecule has 5 aromatic rings. The number of fused-ring (bicyclic) bond motifs is 8. The fourth-order valence-electron chi connectivity index (χ4n) is 5.15. The van der Waals surface area contributed by atoms with Crippen molar-refractivity contribution < 1.29 is 53.4 Å². The molecule has 47 heavy (non-hydrogen) atoms. The molecule has 0 amide bonds. The standard InChI is InChI=1S/C31H10F10N4O2/c32-20-18(21(33)25(37)28(40)24(20)36)16-12-4-1-9(42-12)7-10-2-6-14(43-10)17(19-22(34)26(38)29(41)27(39)23(19)35)30-31(46)47-15(45-30)8-11-3-5-13(16)44-11/h1-8,43-44H. The van der Waals surface area contributed by atoms with E-state index in [-0.39, 0.29) is 33.5 Å². The summed E-state index contributed by atoms with van der Waals surface area (Å²) in [6.07, 6.45) is 2.51. The zero-order valence-corrected chi connectivity index (χ0v) is 22.6. The summed E-state index contributed by atoms with van der Waals surface area (Å²) in [5.74, 6) is -24.5. The lowest BCUT2D eigenvalue weighted by Crippen LogP contribution is -2.08. The Morgan fingerprint density at radius 3 is 1.53 bits per heavy atom. The minimum absolute atomic E-state index is 0.0197. The fourth-order valence-corrected chi connectivity index (χ4v) is 5.15. The molecular weight excluding hydrogens is 650 g/mol. The van der Waals surface area contributed by atoms with Gasteiger partial charge < -0.3 is 14.7 Å². The number of carbonyl (C=O) groups excluding carboxylic acids is 1. The lowest BCUT2D eigenvalue weighted by molar-refractivity contribution is 0.0755. The molecule has 2 aliphatic heterocycles. The highest BCUT2D eigenvalue weighted by Crippen LogP contribution is 2.39. The summed E-state index contributed by atoms with van der Waals surface area (Å²) >= 11 is 0. The summed E-state index contributed by atoms with van der Waals surface area (Å²) in [5, 5.41) is 0. The number of hydrogen-bond acceptors (Lipinski definition) is 4. The van der Waals surface area contributed by atoms with Crippen LogP contribution in [0.4, 0.5) is 43.9 Å². The molecule has 6 nitrogen and oxygen atoms in total. The molecule has 0 spiro atoms. The van der Waals surface area contributed by atoms with Gasteiger partial charge in [0.15, 0.2) is 52.2 Å². The molecule has 2 aliphatic rings. The van der Waals surface area contributed by atoms with Gasteiger partial charge in [0, 0.05) is 39.3 Å². The number of H-pyrrole nitrogens is 2. The monoisotopic (exact) mass is 660 g/mol. The van der Waals surface area contributed by atoms with Gasteiger partial charge in [0.05, 0.1) is 22.5 Å². The van der Waals surface area contributed by atoms with Gasteiger partial charge in [-0.15, -0.1) is 0 Å². The van der Waals surface area contributed by atoms with E-state index >= 15 is 17.6 Å². The topological polar surface area (TPSA) is 83.7 Å². The third kappa shape index (κ3) is 4.54. The van der Waals surface area contributed by atoms with Crippen LogP contribution in [0.2, 0.25) is 0 Å². The Balaban J connectivity index is 1.62. The highest BCUT2D eigenvalue weighted by molar-refractivity contribution is 6.02. The Morgan fingerprint density at radius 2 is 0.979 bits per heavy atom. The first-order valence-corrected chi connectivity index (χ1v) is 13.0. The number of nitrogens with one attached hydrogen (secondary N) is 2. The summed E-state index contributed by atoms with van der Waals surface area (Å²) in [6.45, 7) is 0. The fraction of sp³-hybridized carbons (Fsp3) is 0. The van der Waals surface area contributed by atoms with Crippen molar-refractivity contribution >= 4 is 40.2 Å². The van der Waals surface area contributed by atoms with Crippen LogP contribution < -0.4 is 4.74 Å². The van der Waals surface area contributed by atoms with E-state index < -0.39 is 98.0 Å². The largest absolute Gasteiger partial charge is 0.403 e. The maximum atomic E-state index is 15.1. The molecule has 3 aromatic heterocycles. The molecule has 0 aliphatic carbocycles. The predicted octanol–water partition coefficient (Wildman–Crippen LogP) is 8.43. The zero-order chi connectivity index (χ0) is 33.5. The number of halogens is 10. The first-order chi connectivity index (χ1) is 22.3. The minimum Gasteiger partial charge on any atom is -0.403 e. The molecule has 236 valence electrons. The molecule has 0 saturated carbocycles. The lowest BCUT2D eigenvalue weighted by Gasteiger charge is -2.09. The molecule has 5 heterocycles. The van der Waals surface area contributed by atoms with E-state index in [4.69, 9.17) is 4.74 Å². The van der Waals surface area contributed by atoms with E-state index in [0.717, 1.165) is 12.1 Å². The summed E-state index contributed by atoms with van der Waals surface area (Å²) in [7, 11) is 0. The van der Waals surface area contributed by atoms with E-state index in [1.165, 1.54) is 36.4 Å². The maximum absolute atomic E-state index is 15.1. The van der Waals surface area contributed by atoms with Crippen LogP contribution in [-0.4, -0.2) is 25.9 Å². The third-order valence-electron chi connectivity index (χ3n) is 7.22. The normalized spacial score (nSPS) is 12.6. The molecule has 16 heteroatoms. The highest BCUT2D eigenvalue weighted by Gasteiger charge is 2.33. The molecule has 2 aromatic carbocycles. The number of carbonyl (C=O) groups is 1. The van der Waals surface area contributed by atoms with Gasteiger partial charge in [0.25, 0.3) is 0 Å².